The highest BCUT2D eigenvalue weighted by molar-refractivity contribution is 5.65. The summed E-state index contributed by atoms with van der Waals surface area (Å²) in [5.41, 5.74) is 11.8. The Morgan fingerprint density at radius 3 is 1.92 bits per heavy atom. The molecule has 6 N–H and O–H groups in total. The van der Waals surface area contributed by atoms with Crippen LogP contribution in [0.3, 0.4) is 0 Å². The summed E-state index contributed by atoms with van der Waals surface area (Å²) in [5, 5.41) is 5.08. The molecule has 1 aromatic heterocycles. The lowest BCUT2D eigenvalue weighted by atomic mass is 10.2. The number of anilines is 6. The molecular formula is C16H13F3N6. The third-order valence-electron chi connectivity index (χ3n) is 3.22. The lowest BCUT2D eigenvalue weighted by Gasteiger charge is -2.11. The Balaban J connectivity index is 1.90. The van der Waals surface area contributed by atoms with Crippen LogP contribution in [0.25, 0.3) is 0 Å². The van der Waals surface area contributed by atoms with Gasteiger partial charge in [-0.05, 0) is 36.4 Å². The average molecular weight is 346 g/mol. The molecule has 3 aromatic rings. The summed E-state index contributed by atoms with van der Waals surface area (Å²) in [5.74, 6) is -2.44. The van der Waals surface area contributed by atoms with E-state index < -0.39 is 17.5 Å². The van der Waals surface area contributed by atoms with Crippen LogP contribution in [0.1, 0.15) is 0 Å². The highest BCUT2D eigenvalue weighted by Gasteiger charge is 2.12. The molecule has 0 amide bonds. The van der Waals surface area contributed by atoms with E-state index in [0.29, 0.717) is 11.4 Å². The Labute approximate surface area is 140 Å². The number of hydrogen-bond donors (Lipinski definition) is 4. The number of hydrogen-bond acceptors (Lipinski definition) is 6. The second-order valence-corrected chi connectivity index (χ2v) is 5.12. The molecule has 0 saturated carbocycles. The molecule has 128 valence electrons. The van der Waals surface area contributed by atoms with Gasteiger partial charge < -0.3 is 22.1 Å². The molecule has 0 spiro atoms. The van der Waals surface area contributed by atoms with Gasteiger partial charge in [-0.1, -0.05) is 0 Å². The first kappa shape index (κ1) is 16.4. The van der Waals surface area contributed by atoms with Gasteiger partial charge in [-0.2, -0.15) is 4.98 Å². The predicted molar refractivity (Wildman–Crippen MR) is 90.2 cm³/mol. The SMILES string of the molecule is Nc1ccc(F)c(Nc2ncc(F)c(Nc3cc(N)ccc3F)n2)c1. The zero-order valence-electron chi connectivity index (χ0n) is 12.7. The maximum absolute atomic E-state index is 13.9. The Kier molecular flexibility index (Phi) is 4.29. The molecule has 0 unspecified atom stereocenters. The van der Waals surface area contributed by atoms with Gasteiger partial charge in [0.1, 0.15) is 11.6 Å². The van der Waals surface area contributed by atoms with Crippen molar-refractivity contribution in [2.45, 2.75) is 0 Å². The maximum atomic E-state index is 13.9. The number of halogens is 3. The van der Waals surface area contributed by atoms with Crippen molar-refractivity contribution < 1.29 is 13.2 Å². The summed E-state index contributed by atoms with van der Waals surface area (Å²) in [6.07, 6.45) is 0.867. The van der Waals surface area contributed by atoms with Crippen LogP contribution in [0.2, 0.25) is 0 Å². The van der Waals surface area contributed by atoms with Gasteiger partial charge in [0.15, 0.2) is 11.6 Å². The van der Waals surface area contributed by atoms with Crippen molar-refractivity contribution in [3.8, 4) is 0 Å². The van der Waals surface area contributed by atoms with Gasteiger partial charge in [-0.25, -0.2) is 18.2 Å². The topological polar surface area (TPSA) is 102 Å². The van der Waals surface area contributed by atoms with Gasteiger partial charge in [0.2, 0.25) is 5.95 Å². The van der Waals surface area contributed by atoms with E-state index in [2.05, 4.69) is 20.6 Å². The van der Waals surface area contributed by atoms with Crippen LogP contribution in [0.5, 0.6) is 0 Å². The molecule has 0 aliphatic rings. The van der Waals surface area contributed by atoms with Crippen molar-refractivity contribution in [3.05, 3.63) is 60.0 Å². The predicted octanol–water partition coefficient (Wildman–Crippen LogP) is 3.55. The first-order valence-electron chi connectivity index (χ1n) is 7.09. The Hall–Kier alpha value is -3.49. The highest BCUT2D eigenvalue weighted by Crippen LogP contribution is 2.25. The number of nitrogens with two attached hydrogens (primary N) is 2. The van der Waals surface area contributed by atoms with Gasteiger partial charge in [-0.15, -0.1) is 0 Å². The lowest BCUT2D eigenvalue weighted by molar-refractivity contribution is 0.616. The minimum Gasteiger partial charge on any atom is -0.399 e. The first-order chi connectivity index (χ1) is 11.9. The third kappa shape index (κ3) is 3.71. The monoisotopic (exact) mass is 346 g/mol. The number of nitrogens with one attached hydrogen (secondary N) is 2. The van der Waals surface area contributed by atoms with E-state index >= 15 is 0 Å². The van der Waals surface area contributed by atoms with Crippen LogP contribution in [0.4, 0.5) is 47.7 Å². The van der Waals surface area contributed by atoms with Gasteiger partial charge in [0.25, 0.3) is 0 Å². The minimum absolute atomic E-state index is 0.0210. The third-order valence-corrected chi connectivity index (χ3v) is 3.22. The molecule has 0 bridgehead atoms. The normalized spacial score (nSPS) is 10.5. The van der Waals surface area contributed by atoms with Crippen LogP contribution >= 0.6 is 0 Å². The van der Waals surface area contributed by atoms with Gasteiger partial charge in [0, 0.05) is 11.4 Å². The molecule has 0 aliphatic heterocycles. The number of nitrogens with zero attached hydrogens (tertiary/aromatic N) is 2. The second-order valence-electron chi connectivity index (χ2n) is 5.12. The van der Waals surface area contributed by atoms with Crippen molar-refractivity contribution >= 4 is 34.5 Å². The Morgan fingerprint density at radius 2 is 1.32 bits per heavy atom. The van der Waals surface area contributed by atoms with Gasteiger partial charge in [0.05, 0.1) is 17.6 Å². The van der Waals surface area contributed by atoms with E-state index in [1.807, 2.05) is 0 Å². The summed E-state index contributed by atoms with van der Waals surface area (Å²) < 4.78 is 41.4. The summed E-state index contributed by atoms with van der Waals surface area (Å²) in [7, 11) is 0. The number of benzene rings is 2. The average Bonchev–Trinajstić information content (AvgIpc) is 2.57. The fraction of sp³-hybridized carbons (Fsp3) is 0. The highest BCUT2D eigenvalue weighted by atomic mass is 19.1. The number of rotatable bonds is 4. The maximum Gasteiger partial charge on any atom is 0.229 e. The van der Waals surface area contributed by atoms with E-state index in [1.165, 1.54) is 30.3 Å². The van der Waals surface area contributed by atoms with Gasteiger partial charge >= 0.3 is 0 Å². The standard InChI is InChI=1S/C16H13F3N6/c17-10-3-1-8(20)5-13(10)23-15-12(19)7-22-16(25-15)24-14-6-9(21)2-4-11(14)18/h1-7H,20-21H2,(H2,22,23,24,25). The molecule has 6 nitrogen and oxygen atoms in total. The Bertz CT molecular complexity index is 932. The number of aromatic nitrogens is 2. The molecule has 0 fully saturated rings. The van der Waals surface area contributed by atoms with Crippen LogP contribution in [0, 0.1) is 17.5 Å². The summed E-state index contributed by atoms with van der Waals surface area (Å²) >= 11 is 0. The first-order valence-corrected chi connectivity index (χ1v) is 7.09. The number of nitrogen functional groups attached to an aromatic ring is 2. The summed E-state index contributed by atoms with van der Waals surface area (Å²) in [6.45, 7) is 0. The molecule has 3 rings (SSSR count). The van der Waals surface area contributed by atoms with E-state index in [9.17, 15) is 13.2 Å². The smallest absolute Gasteiger partial charge is 0.229 e. The van der Waals surface area contributed by atoms with Crippen LogP contribution in [0.15, 0.2) is 42.6 Å². The fourth-order valence-corrected chi connectivity index (χ4v) is 2.04. The summed E-state index contributed by atoms with van der Waals surface area (Å²) in [4.78, 5) is 7.60. The van der Waals surface area contributed by atoms with Crippen molar-refractivity contribution in [2.75, 3.05) is 22.1 Å². The van der Waals surface area contributed by atoms with Crippen molar-refractivity contribution in [1.82, 2.24) is 9.97 Å². The molecular weight excluding hydrogens is 333 g/mol. The van der Waals surface area contributed by atoms with Crippen LogP contribution in [-0.2, 0) is 0 Å². The largest absolute Gasteiger partial charge is 0.399 e. The van der Waals surface area contributed by atoms with E-state index in [0.717, 1.165) is 12.3 Å². The van der Waals surface area contributed by atoms with E-state index in [-0.39, 0.29) is 23.1 Å². The zero-order chi connectivity index (χ0) is 18.0. The minimum atomic E-state index is -0.819. The van der Waals surface area contributed by atoms with E-state index in [4.69, 9.17) is 11.5 Å². The fourth-order valence-electron chi connectivity index (χ4n) is 2.04. The molecule has 0 aliphatic carbocycles. The van der Waals surface area contributed by atoms with Crippen molar-refractivity contribution in [3.63, 3.8) is 0 Å². The zero-order valence-corrected chi connectivity index (χ0v) is 12.7. The second kappa shape index (κ2) is 6.56. The van der Waals surface area contributed by atoms with Crippen molar-refractivity contribution in [2.24, 2.45) is 0 Å². The van der Waals surface area contributed by atoms with Crippen LogP contribution in [-0.4, -0.2) is 9.97 Å². The molecule has 0 radical (unpaired) electrons. The molecule has 0 atom stereocenters. The quantitative estimate of drug-likeness (QED) is 0.539. The molecule has 2 aromatic carbocycles. The molecule has 0 saturated heterocycles. The Morgan fingerprint density at radius 1 is 0.760 bits per heavy atom. The van der Waals surface area contributed by atoms with Gasteiger partial charge in [-0.3, -0.25) is 0 Å². The molecule has 9 heteroatoms. The van der Waals surface area contributed by atoms with Crippen molar-refractivity contribution in [1.29, 1.82) is 0 Å². The lowest BCUT2D eigenvalue weighted by Crippen LogP contribution is -2.05. The van der Waals surface area contributed by atoms with Crippen LogP contribution < -0.4 is 22.1 Å². The van der Waals surface area contributed by atoms with E-state index in [1.54, 1.807) is 0 Å². The summed E-state index contributed by atoms with van der Waals surface area (Å²) in [6, 6.07) is 7.70. The molecule has 25 heavy (non-hydrogen) atoms. The molecule has 1 heterocycles.